The molecular weight excluding hydrogens is 658 g/mol. The van der Waals surface area contributed by atoms with Gasteiger partial charge < -0.3 is 60.0 Å². The van der Waals surface area contributed by atoms with Gasteiger partial charge in [0.1, 0.15) is 29.7 Å². The number of aliphatic hydroxyl groups is 5. The molecule has 0 bridgehead atoms. The fraction of sp³-hybridized carbons (Fsp3) is 0.816. The zero-order valence-corrected chi connectivity index (χ0v) is 32.6. The van der Waals surface area contributed by atoms with Gasteiger partial charge in [0.25, 0.3) is 0 Å². The molecule has 13 heteroatoms. The number of likely N-dealkylation sites (N-methyl/N-ethyl adjacent to an activating group) is 1. The maximum Gasteiger partial charge on any atom is 0.312 e. The summed E-state index contributed by atoms with van der Waals surface area (Å²) in [7, 11) is 5.32. The number of cyclic esters (lactones) is 1. The Bertz CT molecular complexity index is 1250. The van der Waals surface area contributed by atoms with E-state index in [-0.39, 0.29) is 44.0 Å². The minimum atomic E-state index is -1.92. The Morgan fingerprint density at radius 3 is 2.31 bits per heavy atom. The van der Waals surface area contributed by atoms with E-state index in [1.807, 2.05) is 57.1 Å². The van der Waals surface area contributed by atoms with Gasteiger partial charge in [0.2, 0.25) is 0 Å². The zero-order valence-electron chi connectivity index (χ0n) is 32.6. The highest BCUT2D eigenvalue weighted by molar-refractivity contribution is 5.74. The lowest BCUT2D eigenvalue weighted by Gasteiger charge is -2.49. The number of ether oxygens (including phenoxy) is 4. The molecule has 2 aliphatic rings. The number of aliphatic hydroxyl groups excluding tert-OH is 2. The first-order chi connectivity index (χ1) is 23.7. The molecule has 51 heavy (non-hydrogen) atoms. The average molecular weight is 726 g/mol. The molecular formula is C38H67N3O10. The number of benzene rings is 1. The van der Waals surface area contributed by atoms with Crippen LogP contribution in [0.5, 0.6) is 5.75 Å². The van der Waals surface area contributed by atoms with Crippen molar-refractivity contribution in [1.82, 2.24) is 15.5 Å². The number of nitrogens with one attached hydrogen (secondary N) is 2. The SMILES string of the molecule is CC[C@H]1OC(=O)C(C)[C@@](O)(CNCc2ccccc2OC)[C@H](C)[C@@H](O[C@@H]2O[C@H](C)C[C@H](N(C)C)[C@H]2O)[C@@](C)(O)C[C@@H](C)CN[C@H](C)[C@@H](O)[C@]1(C)O. The summed E-state index contributed by atoms with van der Waals surface area (Å²) in [6.07, 6.45) is -5.07. The lowest BCUT2D eigenvalue weighted by atomic mass is 9.70. The molecule has 0 amide bonds. The van der Waals surface area contributed by atoms with Crippen molar-refractivity contribution in [3.8, 4) is 5.75 Å². The molecule has 1 unspecified atom stereocenters. The van der Waals surface area contributed by atoms with Crippen molar-refractivity contribution in [1.29, 1.82) is 0 Å². The standard InChI is InChI=1S/C38H67N3O10/c1-12-30-37(8,46)32(43)26(6)40-19-22(2)18-36(7,45)33(51-35-31(42)28(41(9)10)17-23(3)49-35)24(4)38(47,25(5)34(44)50-30)21-39-20-27-15-13-14-16-29(27)48-11/h13-16,22-26,28,30-33,35,39-40,42-43,45-47H,12,17-21H2,1-11H3/t22-,23-,24-,25?,26-,28+,30-,31-,32-,33-,35+,36+,37-,38-/m1/s1. The van der Waals surface area contributed by atoms with E-state index in [1.165, 1.54) is 6.92 Å². The molecule has 2 saturated heterocycles. The number of hydrogen-bond donors (Lipinski definition) is 7. The zero-order chi connectivity index (χ0) is 38.5. The summed E-state index contributed by atoms with van der Waals surface area (Å²) in [4.78, 5) is 16.0. The van der Waals surface area contributed by atoms with Crippen molar-refractivity contribution < 1.29 is 49.3 Å². The Kier molecular flexibility index (Phi) is 15.3. The number of para-hydroxylation sites is 1. The van der Waals surface area contributed by atoms with Gasteiger partial charge >= 0.3 is 5.97 Å². The molecule has 294 valence electrons. The molecule has 0 spiro atoms. The molecule has 0 aromatic heterocycles. The molecule has 0 saturated carbocycles. The summed E-state index contributed by atoms with van der Waals surface area (Å²) >= 11 is 0. The molecule has 7 N–H and O–H groups in total. The van der Waals surface area contributed by atoms with E-state index in [1.54, 1.807) is 41.7 Å². The summed E-state index contributed by atoms with van der Waals surface area (Å²) in [6, 6.07) is 6.58. The molecule has 2 fully saturated rings. The van der Waals surface area contributed by atoms with Gasteiger partial charge in [-0.1, -0.05) is 39.0 Å². The molecule has 0 aliphatic carbocycles. The fourth-order valence-electron chi connectivity index (χ4n) is 7.97. The van der Waals surface area contributed by atoms with Crippen LogP contribution < -0.4 is 15.4 Å². The number of methoxy groups -OCH3 is 1. The quantitative estimate of drug-likeness (QED) is 0.183. The number of carbonyl (C=O) groups is 1. The largest absolute Gasteiger partial charge is 0.496 e. The van der Waals surface area contributed by atoms with Crippen LogP contribution in [0.25, 0.3) is 0 Å². The van der Waals surface area contributed by atoms with E-state index in [2.05, 4.69) is 10.6 Å². The average Bonchev–Trinajstić information content (AvgIpc) is 3.07. The monoisotopic (exact) mass is 725 g/mol. The topological polar surface area (TPSA) is 182 Å². The summed E-state index contributed by atoms with van der Waals surface area (Å²) < 4.78 is 24.3. The minimum absolute atomic E-state index is 0.132. The second-order valence-electron chi connectivity index (χ2n) is 15.9. The van der Waals surface area contributed by atoms with Crippen LogP contribution in [0.4, 0.5) is 0 Å². The maximum absolute atomic E-state index is 14.1. The number of nitrogens with zero attached hydrogens (tertiary/aromatic N) is 1. The number of hydrogen-bond acceptors (Lipinski definition) is 13. The Morgan fingerprint density at radius 1 is 1.06 bits per heavy atom. The predicted octanol–water partition coefficient (Wildman–Crippen LogP) is 1.80. The van der Waals surface area contributed by atoms with E-state index in [9.17, 15) is 30.3 Å². The lowest BCUT2D eigenvalue weighted by Crippen LogP contribution is -2.64. The molecule has 3 rings (SSSR count). The van der Waals surface area contributed by atoms with Crippen molar-refractivity contribution in [2.24, 2.45) is 17.8 Å². The first-order valence-electron chi connectivity index (χ1n) is 18.5. The molecule has 1 aromatic carbocycles. The maximum atomic E-state index is 14.1. The molecule has 13 nitrogen and oxygen atoms in total. The van der Waals surface area contributed by atoms with Crippen molar-refractivity contribution in [3.63, 3.8) is 0 Å². The molecule has 14 atom stereocenters. The second kappa shape index (κ2) is 17.9. The number of esters is 1. The first-order valence-corrected chi connectivity index (χ1v) is 18.5. The highest BCUT2D eigenvalue weighted by Crippen LogP contribution is 2.40. The van der Waals surface area contributed by atoms with Crippen LogP contribution >= 0.6 is 0 Å². The smallest absolute Gasteiger partial charge is 0.312 e. The molecule has 2 aliphatic heterocycles. The lowest BCUT2D eigenvalue weighted by molar-refractivity contribution is -0.304. The van der Waals surface area contributed by atoms with Gasteiger partial charge in [-0.3, -0.25) is 4.79 Å². The van der Waals surface area contributed by atoms with Crippen LogP contribution in [0.3, 0.4) is 0 Å². The molecule has 2 heterocycles. The third-order valence-corrected chi connectivity index (χ3v) is 11.3. The summed E-state index contributed by atoms with van der Waals surface area (Å²) in [6.45, 7) is 14.2. The summed E-state index contributed by atoms with van der Waals surface area (Å²) in [5, 5.41) is 66.1. The van der Waals surface area contributed by atoms with Gasteiger partial charge in [-0.2, -0.15) is 0 Å². The minimum Gasteiger partial charge on any atom is -0.496 e. The van der Waals surface area contributed by atoms with E-state index in [0.29, 0.717) is 18.7 Å². The van der Waals surface area contributed by atoms with Crippen LogP contribution in [0, 0.1) is 17.8 Å². The van der Waals surface area contributed by atoms with E-state index in [0.717, 1.165) is 5.56 Å². The van der Waals surface area contributed by atoms with Gasteiger partial charge in [-0.15, -0.1) is 0 Å². The Morgan fingerprint density at radius 2 is 1.71 bits per heavy atom. The van der Waals surface area contributed by atoms with Gasteiger partial charge in [0.15, 0.2) is 6.29 Å². The van der Waals surface area contributed by atoms with Crippen molar-refractivity contribution in [2.45, 2.75) is 147 Å². The van der Waals surface area contributed by atoms with E-state index < -0.39 is 71.4 Å². The molecule has 1 aromatic rings. The number of rotatable bonds is 9. The van der Waals surface area contributed by atoms with Crippen molar-refractivity contribution in [2.75, 3.05) is 34.3 Å². The summed E-state index contributed by atoms with van der Waals surface area (Å²) in [5.41, 5.74) is -4.52. The predicted molar refractivity (Wildman–Crippen MR) is 194 cm³/mol. The van der Waals surface area contributed by atoms with Crippen LogP contribution in [-0.4, -0.2) is 136 Å². The van der Waals surface area contributed by atoms with Crippen LogP contribution in [0.2, 0.25) is 0 Å². The van der Waals surface area contributed by atoms with Gasteiger partial charge in [0.05, 0.1) is 36.4 Å². The Labute approximate surface area is 305 Å². The van der Waals surface area contributed by atoms with Crippen LogP contribution in [-0.2, 0) is 25.5 Å². The molecule has 0 radical (unpaired) electrons. The van der Waals surface area contributed by atoms with Crippen LogP contribution in [0.15, 0.2) is 24.3 Å². The second-order valence-corrected chi connectivity index (χ2v) is 15.9. The normalized spacial score (nSPS) is 42.1. The van der Waals surface area contributed by atoms with Crippen molar-refractivity contribution in [3.05, 3.63) is 29.8 Å². The van der Waals surface area contributed by atoms with E-state index >= 15 is 0 Å². The first kappa shape index (κ1) is 43.5. The van der Waals surface area contributed by atoms with Gasteiger partial charge in [0, 0.05) is 36.7 Å². The fourth-order valence-corrected chi connectivity index (χ4v) is 7.97. The van der Waals surface area contributed by atoms with E-state index in [4.69, 9.17) is 18.9 Å². The Balaban J connectivity index is 2.14. The highest BCUT2D eigenvalue weighted by Gasteiger charge is 2.54. The number of carbonyl (C=O) groups excluding carboxylic acids is 1. The van der Waals surface area contributed by atoms with Crippen LogP contribution in [0.1, 0.15) is 80.2 Å². The third kappa shape index (κ3) is 10.2. The van der Waals surface area contributed by atoms with Gasteiger partial charge in [-0.05, 0) is 86.5 Å². The highest BCUT2D eigenvalue weighted by atomic mass is 16.7. The third-order valence-electron chi connectivity index (χ3n) is 11.3. The van der Waals surface area contributed by atoms with Crippen molar-refractivity contribution >= 4 is 5.97 Å². The Hall–Kier alpha value is -1.91. The summed E-state index contributed by atoms with van der Waals surface area (Å²) in [5.74, 6) is -2.49. The van der Waals surface area contributed by atoms with Gasteiger partial charge in [-0.25, -0.2) is 0 Å².